The van der Waals surface area contributed by atoms with Crippen LogP contribution in [0.2, 0.25) is 0 Å². The Morgan fingerprint density at radius 3 is 2.57 bits per heavy atom. The van der Waals surface area contributed by atoms with E-state index in [0.29, 0.717) is 17.4 Å². The fourth-order valence-corrected chi connectivity index (χ4v) is 2.96. The van der Waals surface area contributed by atoms with Gasteiger partial charge in [-0.2, -0.15) is 0 Å². The van der Waals surface area contributed by atoms with E-state index >= 15 is 0 Å². The van der Waals surface area contributed by atoms with Crippen LogP contribution in [0, 0.1) is 0 Å². The first-order chi connectivity index (χ1) is 13.3. The first-order valence-electron chi connectivity index (χ1n) is 8.82. The first-order valence-corrected chi connectivity index (χ1v) is 8.82. The van der Waals surface area contributed by atoms with Crippen LogP contribution in [0.1, 0.15) is 31.7 Å². The number of ether oxygens (including phenoxy) is 1. The van der Waals surface area contributed by atoms with Gasteiger partial charge in [-0.1, -0.05) is 31.9 Å². The number of rotatable bonds is 6. The number of halogens is 3. The molecule has 28 heavy (non-hydrogen) atoms. The number of pyridine rings is 1. The molecule has 0 aliphatic carbocycles. The molecule has 0 radical (unpaired) electrons. The fraction of sp³-hybridized carbons (Fsp3) is 0.300. The SMILES string of the molecule is CCCCCc1ccc(-c2cc3c[nH]c(=O)cc3oc2=O)c(OC(F)(F)F)c1. The number of nitrogens with one attached hydrogen (secondary N) is 1. The molecule has 3 aromatic rings. The van der Waals surface area contributed by atoms with Gasteiger partial charge in [-0.05, 0) is 30.5 Å². The van der Waals surface area contributed by atoms with E-state index in [1.807, 2.05) is 6.92 Å². The average molecular weight is 393 g/mol. The summed E-state index contributed by atoms with van der Waals surface area (Å²) in [7, 11) is 0. The van der Waals surface area contributed by atoms with Gasteiger partial charge in [-0.15, -0.1) is 13.2 Å². The van der Waals surface area contributed by atoms with Crippen molar-refractivity contribution in [2.75, 3.05) is 0 Å². The van der Waals surface area contributed by atoms with Crippen molar-refractivity contribution < 1.29 is 22.3 Å². The van der Waals surface area contributed by atoms with Gasteiger partial charge in [0, 0.05) is 23.2 Å². The second-order valence-electron chi connectivity index (χ2n) is 6.40. The zero-order valence-electron chi connectivity index (χ0n) is 15.1. The van der Waals surface area contributed by atoms with Crippen molar-refractivity contribution >= 4 is 11.0 Å². The van der Waals surface area contributed by atoms with Crippen LogP contribution >= 0.6 is 0 Å². The molecule has 148 valence electrons. The summed E-state index contributed by atoms with van der Waals surface area (Å²) in [6.45, 7) is 2.04. The van der Waals surface area contributed by atoms with Gasteiger partial charge >= 0.3 is 12.0 Å². The quantitative estimate of drug-likeness (QED) is 0.612. The zero-order chi connectivity index (χ0) is 20.3. The van der Waals surface area contributed by atoms with Gasteiger partial charge in [0.25, 0.3) is 5.56 Å². The largest absolute Gasteiger partial charge is 0.573 e. The van der Waals surface area contributed by atoms with Crippen LogP contribution in [0.15, 0.2) is 50.5 Å². The molecule has 0 saturated heterocycles. The van der Waals surface area contributed by atoms with Crippen LogP contribution in [0.25, 0.3) is 22.1 Å². The summed E-state index contributed by atoms with van der Waals surface area (Å²) in [6.07, 6.45) is -0.177. The molecular formula is C20H18F3NO4. The van der Waals surface area contributed by atoms with Crippen molar-refractivity contribution in [3.05, 3.63) is 62.9 Å². The highest BCUT2D eigenvalue weighted by Crippen LogP contribution is 2.34. The maximum atomic E-state index is 12.9. The number of alkyl halides is 3. The van der Waals surface area contributed by atoms with Crippen molar-refractivity contribution in [1.29, 1.82) is 0 Å². The number of unbranched alkanes of at least 4 members (excludes halogenated alkanes) is 2. The van der Waals surface area contributed by atoms with Gasteiger partial charge in [0.2, 0.25) is 0 Å². The van der Waals surface area contributed by atoms with E-state index < -0.39 is 23.3 Å². The molecular weight excluding hydrogens is 375 g/mol. The Balaban J connectivity index is 2.10. The molecule has 1 aromatic carbocycles. The molecule has 0 aliphatic heterocycles. The van der Waals surface area contributed by atoms with Crippen molar-refractivity contribution in [3.63, 3.8) is 0 Å². The number of H-pyrrole nitrogens is 1. The highest BCUT2D eigenvalue weighted by atomic mass is 19.4. The molecule has 0 amide bonds. The van der Waals surface area contributed by atoms with Gasteiger partial charge in [0.1, 0.15) is 11.3 Å². The third-order valence-corrected chi connectivity index (χ3v) is 4.27. The van der Waals surface area contributed by atoms with Crippen molar-refractivity contribution in [3.8, 4) is 16.9 Å². The van der Waals surface area contributed by atoms with Gasteiger partial charge in [0.15, 0.2) is 0 Å². The summed E-state index contributed by atoms with van der Waals surface area (Å²) in [5.41, 5.74) is -0.694. The van der Waals surface area contributed by atoms with E-state index in [0.717, 1.165) is 25.3 Å². The number of hydrogen-bond donors (Lipinski definition) is 1. The number of fused-ring (bicyclic) bond motifs is 1. The van der Waals surface area contributed by atoms with E-state index in [1.165, 1.54) is 24.4 Å². The lowest BCUT2D eigenvalue weighted by Crippen LogP contribution is -2.18. The first kappa shape index (κ1) is 19.7. The standard InChI is InChI=1S/C20H18F3NO4/c1-2-3-4-5-12-6-7-14(17(8-12)28-20(21,22)23)15-9-13-11-24-18(25)10-16(13)27-19(15)26/h6-11H,2-5H2,1H3,(H,24,25). The average Bonchev–Trinajstić information content (AvgIpc) is 2.60. The third kappa shape index (κ3) is 4.62. The molecule has 8 heteroatoms. The molecule has 2 heterocycles. The fourth-order valence-electron chi connectivity index (χ4n) is 2.96. The van der Waals surface area contributed by atoms with Crippen LogP contribution in [0.3, 0.4) is 0 Å². The van der Waals surface area contributed by atoms with Gasteiger partial charge in [-0.3, -0.25) is 4.79 Å². The summed E-state index contributed by atoms with van der Waals surface area (Å²) in [5, 5.41) is 0.374. The minimum atomic E-state index is -4.90. The predicted molar refractivity (Wildman–Crippen MR) is 98.5 cm³/mol. The third-order valence-electron chi connectivity index (χ3n) is 4.27. The Kier molecular flexibility index (Phi) is 5.58. The zero-order valence-corrected chi connectivity index (χ0v) is 15.1. The summed E-state index contributed by atoms with van der Waals surface area (Å²) < 4.78 is 48.0. The molecule has 0 spiro atoms. The van der Waals surface area contributed by atoms with Crippen molar-refractivity contribution in [1.82, 2.24) is 4.98 Å². The molecule has 0 bridgehead atoms. The molecule has 0 saturated carbocycles. The lowest BCUT2D eigenvalue weighted by atomic mass is 10.0. The molecule has 1 N–H and O–H groups in total. The summed E-state index contributed by atoms with van der Waals surface area (Å²) in [6, 6.07) is 6.86. The van der Waals surface area contributed by atoms with Gasteiger partial charge in [0.05, 0.1) is 5.56 Å². The van der Waals surface area contributed by atoms with Crippen LogP contribution < -0.4 is 15.9 Å². The Bertz CT molecular complexity index is 1100. The van der Waals surface area contributed by atoms with Gasteiger partial charge in [-0.25, -0.2) is 4.79 Å². The van der Waals surface area contributed by atoms with Crippen LogP contribution in [-0.4, -0.2) is 11.3 Å². The van der Waals surface area contributed by atoms with Gasteiger partial charge < -0.3 is 14.1 Å². The normalized spacial score (nSPS) is 11.7. The van der Waals surface area contributed by atoms with E-state index in [-0.39, 0.29) is 16.7 Å². The molecule has 2 aromatic heterocycles. The monoisotopic (exact) mass is 393 g/mol. The Labute approximate surface area is 157 Å². The van der Waals surface area contributed by atoms with Crippen LogP contribution in [-0.2, 0) is 6.42 Å². The van der Waals surface area contributed by atoms with Crippen molar-refractivity contribution in [2.45, 2.75) is 39.0 Å². The maximum absolute atomic E-state index is 12.9. The Morgan fingerprint density at radius 2 is 1.86 bits per heavy atom. The van der Waals surface area contributed by atoms with E-state index in [2.05, 4.69) is 9.72 Å². The Hall–Kier alpha value is -3.03. The number of hydrogen-bond acceptors (Lipinski definition) is 4. The lowest BCUT2D eigenvalue weighted by Gasteiger charge is -2.15. The lowest BCUT2D eigenvalue weighted by molar-refractivity contribution is -0.274. The number of aryl methyl sites for hydroxylation is 1. The second kappa shape index (κ2) is 7.92. The smallest absolute Gasteiger partial charge is 0.422 e. The predicted octanol–water partition coefficient (Wildman–Crippen LogP) is 4.78. The highest BCUT2D eigenvalue weighted by molar-refractivity contribution is 5.82. The topological polar surface area (TPSA) is 72.3 Å². The second-order valence-corrected chi connectivity index (χ2v) is 6.40. The molecule has 0 aliphatic rings. The van der Waals surface area contributed by atoms with E-state index in [9.17, 15) is 22.8 Å². The van der Waals surface area contributed by atoms with E-state index in [1.54, 1.807) is 6.07 Å². The molecule has 0 atom stereocenters. The van der Waals surface area contributed by atoms with Crippen LogP contribution in [0.5, 0.6) is 5.75 Å². The summed E-state index contributed by atoms with van der Waals surface area (Å²) in [5.74, 6) is -0.461. The van der Waals surface area contributed by atoms with E-state index in [4.69, 9.17) is 4.42 Å². The maximum Gasteiger partial charge on any atom is 0.573 e. The number of aromatic nitrogens is 1. The Morgan fingerprint density at radius 1 is 1.07 bits per heavy atom. The minimum Gasteiger partial charge on any atom is -0.422 e. The van der Waals surface area contributed by atoms with Crippen LogP contribution in [0.4, 0.5) is 13.2 Å². The minimum absolute atomic E-state index is 0.0292. The molecule has 5 nitrogen and oxygen atoms in total. The number of aromatic amines is 1. The molecule has 0 unspecified atom stereocenters. The molecule has 0 fully saturated rings. The highest BCUT2D eigenvalue weighted by Gasteiger charge is 2.32. The summed E-state index contributed by atoms with van der Waals surface area (Å²) in [4.78, 5) is 26.1. The summed E-state index contributed by atoms with van der Waals surface area (Å²) >= 11 is 0. The number of benzene rings is 1. The van der Waals surface area contributed by atoms with Crippen molar-refractivity contribution in [2.24, 2.45) is 0 Å². The molecule has 3 rings (SSSR count).